The number of hydrogen-bond donors (Lipinski definition) is 1. The molecule has 0 unspecified atom stereocenters. The highest BCUT2D eigenvalue weighted by atomic mass is 32.2. The molecule has 0 heterocycles. The Bertz CT molecular complexity index is 981. The van der Waals surface area contributed by atoms with Crippen molar-refractivity contribution in [3.8, 4) is 0 Å². The maximum Gasteiger partial charge on any atom is 0.339 e. The smallest absolute Gasteiger partial charge is 0.339 e. The second-order valence-corrected chi connectivity index (χ2v) is 7.87. The van der Waals surface area contributed by atoms with E-state index in [-0.39, 0.29) is 22.0 Å². The van der Waals surface area contributed by atoms with Crippen LogP contribution in [0.4, 0.5) is 5.69 Å². The quantitative estimate of drug-likeness (QED) is 0.576. The van der Waals surface area contributed by atoms with Crippen molar-refractivity contribution >= 4 is 33.2 Å². The lowest BCUT2D eigenvalue weighted by Gasteiger charge is -2.11. The Hall–Kier alpha value is -3.00. The number of rotatable bonds is 7. The molecule has 2 aromatic carbocycles. The number of sulfone groups is 1. The predicted molar refractivity (Wildman–Crippen MR) is 99.5 cm³/mol. The zero-order chi connectivity index (χ0) is 20.0. The minimum absolute atomic E-state index is 0.128. The summed E-state index contributed by atoms with van der Waals surface area (Å²) < 4.78 is 29.1. The van der Waals surface area contributed by atoms with Gasteiger partial charge in [0.25, 0.3) is 5.91 Å². The van der Waals surface area contributed by atoms with Crippen LogP contribution in [0.15, 0.2) is 53.4 Å². The standard InChI is InChI=1S/C19H19NO6S/c1-3-27(24,25)17-11-7-5-9-15(17)19(23)26-12-18(22)20-16-10-6-4-8-14(16)13(2)21/h4-11H,3,12H2,1-2H3,(H,20,22). The Labute approximate surface area is 157 Å². The molecule has 0 aliphatic rings. The molecule has 7 nitrogen and oxygen atoms in total. The number of para-hydroxylation sites is 1. The number of carbonyl (C=O) groups excluding carboxylic acids is 3. The number of esters is 1. The van der Waals surface area contributed by atoms with Gasteiger partial charge < -0.3 is 10.1 Å². The third-order valence-electron chi connectivity index (χ3n) is 3.74. The number of ketones is 1. The molecule has 2 rings (SSSR count). The SMILES string of the molecule is CCS(=O)(=O)c1ccccc1C(=O)OCC(=O)Nc1ccccc1C(C)=O. The lowest BCUT2D eigenvalue weighted by atomic mass is 10.1. The van der Waals surface area contributed by atoms with Gasteiger partial charge in [-0.05, 0) is 31.2 Å². The largest absolute Gasteiger partial charge is 0.452 e. The molecule has 142 valence electrons. The van der Waals surface area contributed by atoms with E-state index >= 15 is 0 Å². The number of benzene rings is 2. The first kappa shape index (κ1) is 20.3. The lowest BCUT2D eigenvalue weighted by Crippen LogP contribution is -2.22. The minimum Gasteiger partial charge on any atom is -0.452 e. The first-order chi connectivity index (χ1) is 12.8. The number of hydrogen-bond acceptors (Lipinski definition) is 6. The van der Waals surface area contributed by atoms with Crippen molar-refractivity contribution in [1.82, 2.24) is 0 Å². The molecule has 0 fully saturated rings. The van der Waals surface area contributed by atoms with Crippen LogP contribution in [0, 0.1) is 0 Å². The van der Waals surface area contributed by atoms with Gasteiger partial charge in [-0.15, -0.1) is 0 Å². The molecule has 0 bridgehead atoms. The van der Waals surface area contributed by atoms with Crippen LogP contribution >= 0.6 is 0 Å². The van der Waals surface area contributed by atoms with E-state index in [9.17, 15) is 22.8 Å². The molecule has 0 radical (unpaired) electrons. The van der Waals surface area contributed by atoms with Crippen LogP contribution in [-0.2, 0) is 19.4 Å². The van der Waals surface area contributed by atoms with Crippen molar-refractivity contribution in [3.63, 3.8) is 0 Å². The van der Waals surface area contributed by atoms with Gasteiger partial charge in [-0.1, -0.05) is 31.2 Å². The number of nitrogens with one attached hydrogen (secondary N) is 1. The Morgan fingerprint density at radius 2 is 1.56 bits per heavy atom. The Morgan fingerprint density at radius 3 is 2.19 bits per heavy atom. The highest BCUT2D eigenvalue weighted by molar-refractivity contribution is 7.91. The maximum absolute atomic E-state index is 12.2. The highest BCUT2D eigenvalue weighted by Gasteiger charge is 2.22. The van der Waals surface area contributed by atoms with Crippen molar-refractivity contribution in [2.45, 2.75) is 18.7 Å². The number of anilines is 1. The molecule has 8 heteroatoms. The fraction of sp³-hybridized carbons (Fsp3) is 0.211. The van der Waals surface area contributed by atoms with Gasteiger partial charge in [0, 0.05) is 5.56 Å². The zero-order valence-corrected chi connectivity index (χ0v) is 15.7. The van der Waals surface area contributed by atoms with Gasteiger partial charge in [-0.2, -0.15) is 0 Å². The van der Waals surface area contributed by atoms with Crippen molar-refractivity contribution in [1.29, 1.82) is 0 Å². The van der Waals surface area contributed by atoms with Crippen molar-refractivity contribution < 1.29 is 27.5 Å². The molecule has 0 atom stereocenters. The summed E-state index contributed by atoms with van der Waals surface area (Å²) in [5.74, 6) is -1.95. The van der Waals surface area contributed by atoms with Gasteiger partial charge in [-0.25, -0.2) is 13.2 Å². The summed E-state index contributed by atoms with van der Waals surface area (Å²) in [5.41, 5.74) is 0.507. The molecular weight excluding hydrogens is 370 g/mol. The van der Waals surface area contributed by atoms with Crippen LogP contribution in [0.2, 0.25) is 0 Å². The first-order valence-electron chi connectivity index (χ1n) is 8.15. The van der Waals surface area contributed by atoms with Gasteiger partial charge in [-0.3, -0.25) is 9.59 Å². The molecule has 0 saturated heterocycles. The molecule has 2 aromatic rings. The lowest BCUT2D eigenvalue weighted by molar-refractivity contribution is -0.119. The molecule has 0 saturated carbocycles. The summed E-state index contributed by atoms with van der Waals surface area (Å²) in [7, 11) is -3.61. The Morgan fingerprint density at radius 1 is 0.963 bits per heavy atom. The van der Waals surface area contributed by atoms with Crippen LogP contribution in [-0.4, -0.2) is 38.4 Å². The van der Waals surface area contributed by atoms with Gasteiger partial charge >= 0.3 is 5.97 Å². The normalized spacial score (nSPS) is 10.9. The number of Topliss-reactive ketones (excluding diaryl/α,β-unsaturated/α-hetero) is 1. The van der Waals surface area contributed by atoms with Gasteiger partial charge in [0.1, 0.15) is 0 Å². The third-order valence-corrected chi connectivity index (χ3v) is 5.52. The molecule has 1 N–H and O–H groups in total. The molecule has 1 amide bonds. The van der Waals surface area contributed by atoms with Crippen LogP contribution in [0.5, 0.6) is 0 Å². The summed E-state index contributed by atoms with van der Waals surface area (Å²) >= 11 is 0. The fourth-order valence-electron chi connectivity index (χ4n) is 2.36. The van der Waals surface area contributed by atoms with E-state index in [2.05, 4.69) is 5.32 Å². The van der Waals surface area contributed by atoms with Crippen molar-refractivity contribution in [2.24, 2.45) is 0 Å². The van der Waals surface area contributed by atoms with E-state index in [1.165, 1.54) is 38.1 Å². The predicted octanol–water partition coefficient (Wildman–Crippen LogP) is 2.48. The van der Waals surface area contributed by atoms with Crippen LogP contribution in [0.3, 0.4) is 0 Å². The van der Waals surface area contributed by atoms with Crippen molar-refractivity contribution in [3.05, 3.63) is 59.7 Å². The zero-order valence-electron chi connectivity index (χ0n) is 14.9. The molecule has 27 heavy (non-hydrogen) atoms. The Kier molecular flexibility index (Phi) is 6.46. The van der Waals surface area contributed by atoms with Gasteiger partial charge in [0.05, 0.1) is 21.9 Å². The van der Waals surface area contributed by atoms with Gasteiger partial charge in [0.15, 0.2) is 22.2 Å². The fourth-order valence-corrected chi connectivity index (χ4v) is 3.44. The molecule has 0 aliphatic carbocycles. The van der Waals surface area contributed by atoms with Crippen LogP contribution in [0.1, 0.15) is 34.6 Å². The second-order valence-electron chi connectivity index (χ2n) is 5.63. The number of amides is 1. The molecule has 0 spiro atoms. The summed E-state index contributed by atoms with van der Waals surface area (Å²) in [6.07, 6.45) is 0. The second kappa shape index (κ2) is 8.59. The summed E-state index contributed by atoms with van der Waals surface area (Å²) in [4.78, 5) is 35.7. The topological polar surface area (TPSA) is 107 Å². The van der Waals surface area contributed by atoms with E-state index in [0.29, 0.717) is 11.3 Å². The van der Waals surface area contributed by atoms with E-state index in [4.69, 9.17) is 4.74 Å². The summed E-state index contributed by atoms with van der Waals surface area (Å²) in [6, 6.07) is 12.1. The highest BCUT2D eigenvalue weighted by Crippen LogP contribution is 2.18. The average Bonchev–Trinajstić information content (AvgIpc) is 2.66. The van der Waals surface area contributed by atoms with E-state index in [0.717, 1.165) is 0 Å². The number of carbonyl (C=O) groups is 3. The van der Waals surface area contributed by atoms with E-state index in [1.54, 1.807) is 24.3 Å². The van der Waals surface area contributed by atoms with Crippen LogP contribution in [0.25, 0.3) is 0 Å². The average molecular weight is 389 g/mol. The maximum atomic E-state index is 12.2. The first-order valence-corrected chi connectivity index (χ1v) is 9.80. The third kappa shape index (κ3) is 5.01. The van der Waals surface area contributed by atoms with E-state index < -0.39 is 28.3 Å². The monoisotopic (exact) mass is 389 g/mol. The molecular formula is C19H19NO6S. The molecule has 0 aromatic heterocycles. The summed E-state index contributed by atoms with van der Waals surface area (Å²) in [6.45, 7) is 2.22. The Balaban J connectivity index is 2.09. The minimum atomic E-state index is -3.61. The number of ether oxygens (including phenoxy) is 1. The van der Waals surface area contributed by atoms with Crippen LogP contribution < -0.4 is 5.32 Å². The summed E-state index contributed by atoms with van der Waals surface area (Å²) in [5, 5.41) is 2.50. The van der Waals surface area contributed by atoms with Gasteiger partial charge in [0.2, 0.25) is 0 Å². The van der Waals surface area contributed by atoms with E-state index in [1.807, 2.05) is 0 Å². The van der Waals surface area contributed by atoms with Crippen molar-refractivity contribution in [2.75, 3.05) is 17.7 Å². The molecule has 0 aliphatic heterocycles.